The van der Waals surface area contributed by atoms with Crippen molar-refractivity contribution in [2.45, 2.75) is 6.92 Å². The lowest BCUT2D eigenvalue weighted by atomic mass is 9.82. The van der Waals surface area contributed by atoms with Crippen molar-refractivity contribution in [3.8, 4) is 0 Å². The molecule has 1 heterocycles. The predicted molar refractivity (Wildman–Crippen MR) is 108 cm³/mol. The second-order valence-electron chi connectivity index (χ2n) is 6.27. The first-order valence-corrected chi connectivity index (χ1v) is 9.28. The van der Waals surface area contributed by atoms with E-state index < -0.39 is 17.4 Å². The summed E-state index contributed by atoms with van der Waals surface area (Å²) in [4.78, 5) is 25.1. The van der Waals surface area contributed by atoms with Crippen LogP contribution in [-0.2, 0) is 9.53 Å². The molecular weight excluding hydrogens is 434 g/mol. The first kappa shape index (κ1) is 19.4. The van der Waals surface area contributed by atoms with Gasteiger partial charge in [-0.1, -0.05) is 39.7 Å². The maximum absolute atomic E-state index is 12.7. The number of nitrogens with zero attached hydrogens (tertiary/aromatic N) is 2. The Labute approximate surface area is 170 Å². The summed E-state index contributed by atoms with van der Waals surface area (Å²) in [6.45, 7) is 1.78. The minimum Gasteiger partial charge on any atom is -0.468 e. The third kappa shape index (κ3) is 3.99. The van der Waals surface area contributed by atoms with Crippen molar-refractivity contribution < 1.29 is 14.3 Å². The minimum atomic E-state index is -1.08. The summed E-state index contributed by atoms with van der Waals surface area (Å²) in [5.41, 5.74) is 0.695. The van der Waals surface area contributed by atoms with Crippen LogP contribution in [0.3, 0.4) is 0 Å². The maximum Gasteiger partial charge on any atom is 0.342 e. The number of amides is 2. The molecule has 1 N–H and O–H groups in total. The molecule has 0 radical (unpaired) electrons. The summed E-state index contributed by atoms with van der Waals surface area (Å²) in [5, 5.41) is 8.99. The monoisotopic (exact) mass is 449 g/mol. The number of carbonyl (C=O) groups is 2. The van der Waals surface area contributed by atoms with Crippen LogP contribution in [0.1, 0.15) is 12.5 Å². The SMILES string of the molecule is COC(=O)[C@]1(C)CN(C(=O)Nc2ccc(Br)cc2)N=C1c1ccc(Cl)cc1. The van der Waals surface area contributed by atoms with Crippen LogP contribution in [0.25, 0.3) is 0 Å². The number of anilines is 1. The molecule has 0 saturated carbocycles. The van der Waals surface area contributed by atoms with E-state index in [4.69, 9.17) is 16.3 Å². The fourth-order valence-corrected chi connectivity index (χ4v) is 3.24. The van der Waals surface area contributed by atoms with Crippen molar-refractivity contribution in [3.05, 3.63) is 63.6 Å². The molecule has 0 fully saturated rings. The number of esters is 1. The molecule has 140 valence electrons. The molecule has 0 saturated heterocycles. The number of hydrazone groups is 1. The van der Waals surface area contributed by atoms with Gasteiger partial charge in [-0.05, 0) is 48.9 Å². The molecule has 6 nitrogen and oxygen atoms in total. The third-order valence-corrected chi connectivity index (χ3v) is 5.07. The highest BCUT2D eigenvalue weighted by atomic mass is 79.9. The van der Waals surface area contributed by atoms with Crippen LogP contribution in [0, 0.1) is 5.41 Å². The van der Waals surface area contributed by atoms with Gasteiger partial charge in [0.2, 0.25) is 0 Å². The molecule has 2 aromatic rings. The molecule has 2 amide bonds. The molecule has 1 aliphatic rings. The molecule has 3 rings (SSSR count). The molecule has 0 aromatic heterocycles. The highest BCUT2D eigenvalue weighted by molar-refractivity contribution is 9.10. The summed E-state index contributed by atoms with van der Waals surface area (Å²) in [5.74, 6) is -0.463. The highest BCUT2D eigenvalue weighted by Crippen LogP contribution is 2.33. The number of carbonyl (C=O) groups excluding carboxylic acids is 2. The molecule has 0 spiro atoms. The van der Waals surface area contributed by atoms with E-state index >= 15 is 0 Å². The van der Waals surface area contributed by atoms with E-state index in [2.05, 4.69) is 26.3 Å². The summed E-state index contributed by atoms with van der Waals surface area (Å²) in [7, 11) is 1.32. The van der Waals surface area contributed by atoms with Crippen molar-refractivity contribution in [1.82, 2.24) is 5.01 Å². The Morgan fingerprint density at radius 3 is 2.41 bits per heavy atom. The van der Waals surface area contributed by atoms with Gasteiger partial charge in [0.25, 0.3) is 0 Å². The zero-order valence-electron chi connectivity index (χ0n) is 14.7. The lowest BCUT2D eigenvalue weighted by molar-refractivity contribution is -0.147. The van der Waals surface area contributed by atoms with Crippen molar-refractivity contribution in [2.75, 3.05) is 19.0 Å². The van der Waals surface area contributed by atoms with E-state index in [1.165, 1.54) is 12.1 Å². The zero-order valence-corrected chi connectivity index (χ0v) is 17.0. The number of hydrogen-bond acceptors (Lipinski definition) is 4. The molecule has 0 aliphatic carbocycles. The Bertz CT molecular complexity index is 899. The maximum atomic E-state index is 12.7. The fraction of sp³-hybridized carbons (Fsp3) is 0.211. The van der Waals surface area contributed by atoms with Crippen molar-refractivity contribution >= 4 is 50.9 Å². The van der Waals surface area contributed by atoms with Crippen LogP contribution in [0.4, 0.5) is 10.5 Å². The first-order valence-electron chi connectivity index (χ1n) is 8.11. The van der Waals surface area contributed by atoms with Crippen molar-refractivity contribution in [2.24, 2.45) is 10.5 Å². The van der Waals surface area contributed by atoms with E-state index in [9.17, 15) is 9.59 Å². The Kier molecular flexibility index (Phi) is 5.53. The van der Waals surface area contributed by atoms with E-state index in [1.54, 1.807) is 43.3 Å². The van der Waals surface area contributed by atoms with E-state index in [0.29, 0.717) is 22.0 Å². The number of rotatable bonds is 3. The van der Waals surface area contributed by atoms with Gasteiger partial charge in [0.05, 0.1) is 19.4 Å². The lowest BCUT2D eigenvalue weighted by Crippen LogP contribution is -2.42. The molecule has 27 heavy (non-hydrogen) atoms. The van der Waals surface area contributed by atoms with Crippen LogP contribution in [-0.4, -0.2) is 36.4 Å². The highest BCUT2D eigenvalue weighted by Gasteiger charge is 2.48. The lowest BCUT2D eigenvalue weighted by Gasteiger charge is -2.23. The standard InChI is InChI=1S/C19H17BrClN3O3/c1-19(17(25)27-2)11-24(18(26)22-15-9-5-13(20)6-10-15)23-16(19)12-3-7-14(21)8-4-12/h3-10H,11H2,1-2H3,(H,22,26)/t19-/m1/s1. The second-order valence-corrected chi connectivity index (χ2v) is 7.63. The summed E-state index contributed by atoms with van der Waals surface area (Å²) in [6, 6.07) is 13.7. The number of halogens is 2. The Morgan fingerprint density at radius 2 is 1.81 bits per heavy atom. The summed E-state index contributed by atoms with van der Waals surface area (Å²) in [6.07, 6.45) is 0. The Morgan fingerprint density at radius 1 is 1.19 bits per heavy atom. The topological polar surface area (TPSA) is 71.0 Å². The van der Waals surface area contributed by atoms with E-state index in [-0.39, 0.29) is 6.54 Å². The van der Waals surface area contributed by atoms with Gasteiger partial charge in [-0.25, -0.2) is 9.80 Å². The molecule has 0 unspecified atom stereocenters. The van der Waals surface area contributed by atoms with Crippen molar-refractivity contribution in [3.63, 3.8) is 0 Å². The molecule has 1 atom stereocenters. The molecule has 8 heteroatoms. The average Bonchev–Trinajstić information content (AvgIpc) is 3.02. The van der Waals surface area contributed by atoms with Crippen LogP contribution in [0.2, 0.25) is 5.02 Å². The number of urea groups is 1. The number of hydrogen-bond donors (Lipinski definition) is 1. The van der Waals surface area contributed by atoms with Gasteiger partial charge in [-0.2, -0.15) is 5.10 Å². The molecular formula is C19H17BrClN3O3. The van der Waals surface area contributed by atoms with Gasteiger partial charge in [-0.3, -0.25) is 4.79 Å². The number of ether oxygens (including phenoxy) is 1. The predicted octanol–water partition coefficient (Wildman–Crippen LogP) is 4.53. The second kappa shape index (κ2) is 7.70. The third-order valence-electron chi connectivity index (χ3n) is 4.29. The quantitative estimate of drug-likeness (QED) is 0.698. The summed E-state index contributed by atoms with van der Waals surface area (Å²) >= 11 is 9.30. The molecule has 1 aliphatic heterocycles. The van der Waals surface area contributed by atoms with Gasteiger partial charge in [-0.15, -0.1) is 0 Å². The van der Waals surface area contributed by atoms with Gasteiger partial charge in [0, 0.05) is 15.2 Å². The van der Waals surface area contributed by atoms with E-state index in [0.717, 1.165) is 4.47 Å². The summed E-state index contributed by atoms with van der Waals surface area (Å²) < 4.78 is 5.87. The van der Waals surface area contributed by atoms with Crippen LogP contribution in [0.5, 0.6) is 0 Å². The normalized spacial score (nSPS) is 18.8. The van der Waals surface area contributed by atoms with Gasteiger partial charge < -0.3 is 10.1 Å². The average molecular weight is 451 g/mol. The van der Waals surface area contributed by atoms with E-state index in [1.807, 2.05) is 12.1 Å². The molecule has 2 aromatic carbocycles. The largest absolute Gasteiger partial charge is 0.468 e. The van der Waals surface area contributed by atoms with Crippen molar-refractivity contribution in [1.29, 1.82) is 0 Å². The fourth-order valence-electron chi connectivity index (χ4n) is 2.85. The number of nitrogens with one attached hydrogen (secondary N) is 1. The molecule has 0 bridgehead atoms. The zero-order chi connectivity index (χ0) is 19.6. The number of methoxy groups -OCH3 is 1. The van der Waals surface area contributed by atoms with Gasteiger partial charge in [0.15, 0.2) is 0 Å². The Hall–Kier alpha value is -2.38. The van der Waals surface area contributed by atoms with Crippen LogP contribution >= 0.6 is 27.5 Å². The van der Waals surface area contributed by atoms with Gasteiger partial charge >= 0.3 is 12.0 Å². The smallest absolute Gasteiger partial charge is 0.342 e. The minimum absolute atomic E-state index is 0.0694. The number of benzene rings is 2. The van der Waals surface area contributed by atoms with Crippen LogP contribution in [0.15, 0.2) is 58.1 Å². The van der Waals surface area contributed by atoms with Gasteiger partial charge in [0.1, 0.15) is 5.41 Å². The Balaban J connectivity index is 1.90. The van der Waals surface area contributed by atoms with Crippen LogP contribution < -0.4 is 5.32 Å². The first-order chi connectivity index (χ1) is 12.8.